The molecule has 1 amide bonds. The van der Waals surface area contributed by atoms with E-state index in [2.05, 4.69) is 10.3 Å². The first kappa shape index (κ1) is 27.8. The average Bonchev–Trinajstić information content (AvgIpc) is 3.20. The second-order valence-electron chi connectivity index (χ2n) is 11.2. The minimum Gasteiger partial charge on any atom is -0.478 e. The molecule has 0 spiro atoms. The van der Waals surface area contributed by atoms with Crippen LogP contribution in [0.15, 0.2) is 12.3 Å². The van der Waals surface area contributed by atoms with Crippen LogP contribution in [0.1, 0.15) is 71.2 Å². The van der Waals surface area contributed by atoms with Gasteiger partial charge in [-0.3, -0.25) is 18.6 Å². The van der Waals surface area contributed by atoms with Crippen LogP contribution < -0.4 is 10.1 Å². The van der Waals surface area contributed by atoms with Gasteiger partial charge in [0.2, 0.25) is 11.8 Å². The molecular formula is C26H39FN4O5S. The molecule has 11 heteroatoms. The Kier molecular flexibility index (Phi) is 7.64. The maximum Gasteiger partial charge on any atom is 0.223 e. The maximum atomic E-state index is 15.0. The Morgan fingerprint density at radius 1 is 1.38 bits per heavy atom. The minimum absolute atomic E-state index is 0.0783. The van der Waals surface area contributed by atoms with Crippen molar-refractivity contribution in [2.75, 3.05) is 18.1 Å². The summed E-state index contributed by atoms with van der Waals surface area (Å²) in [6.07, 6.45) is 3.67. The Bertz CT molecular complexity index is 1150. The lowest BCUT2D eigenvalue weighted by Gasteiger charge is -2.45. The second kappa shape index (κ2) is 10.2. The quantitative estimate of drug-likeness (QED) is 0.413. The van der Waals surface area contributed by atoms with Crippen molar-refractivity contribution in [2.45, 2.75) is 83.9 Å². The number of pyridine rings is 1. The van der Waals surface area contributed by atoms with Crippen LogP contribution in [-0.4, -0.2) is 64.1 Å². The fourth-order valence-corrected chi connectivity index (χ4v) is 6.81. The van der Waals surface area contributed by atoms with E-state index in [1.54, 1.807) is 24.6 Å². The zero-order valence-corrected chi connectivity index (χ0v) is 23.1. The summed E-state index contributed by atoms with van der Waals surface area (Å²) in [6.45, 7) is 9.44. The Balaban J connectivity index is 1.65. The van der Waals surface area contributed by atoms with Gasteiger partial charge in [0, 0.05) is 52.3 Å². The lowest BCUT2D eigenvalue weighted by atomic mass is 9.83. The van der Waals surface area contributed by atoms with Gasteiger partial charge in [-0.1, -0.05) is 0 Å². The number of rotatable bonds is 7. The molecule has 2 aromatic heterocycles. The fraction of sp³-hybridized carbons (Fsp3) is 0.654. The van der Waals surface area contributed by atoms with E-state index in [4.69, 9.17) is 9.84 Å². The van der Waals surface area contributed by atoms with E-state index in [0.29, 0.717) is 61.8 Å². The number of aliphatic hydroxyl groups is 1. The molecular weight excluding hydrogens is 499 g/mol. The molecule has 1 aliphatic heterocycles. The monoisotopic (exact) mass is 538 g/mol. The predicted octanol–water partition coefficient (Wildman–Crippen LogP) is 4.34. The first-order valence-corrected chi connectivity index (χ1v) is 14.8. The molecule has 4 N–H and O–H groups in total. The van der Waals surface area contributed by atoms with Crippen LogP contribution in [0.2, 0.25) is 0 Å². The number of ether oxygens (including phenoxy) is 1. The molecule has 1 fully saturated rings. The third-order valence-corrected chi connectivity index (χ3v) is 9.54. The number of amides is 1. The molecule has 37 heavy (non-hydrogen) atoms. The second-order valence-corrected chi connectivity index (χ2v) is 13.6. The van der Waals surface area contributed by atoms with E-state index in [-0.39, 0.29) is 17.4 Å². The van der Waals surface area contributed by atoms with Gasteiger partial charge in [-0.2, -0.15) is 15.7 Å². The highest BCUT2D eigenvalue weighted by Crippen LogP contribution is 2.47. The molecule has 2 atom stereocenters. The zero-order valence-electron chi connectivity index (χ0n) is 22.3. The van der Waals surface area contributed by atoms with Crippen molar-refractivity contribution in [3.63, 3.8) is 0 Å². The summed E-state index contributed by atoms with van der Waals surface area (Å²) in [5.74, 6) is -0.0142. The highest BCUT2D eigenvalue weighted by atomic mass is 32.3. The van der Waals surface area contributed by atoms with Gasteiger partial charge < -0.3 is 15.2 Å². The lowest BCUT2D eigenvalue weighted by molar-refractivity contribution is -0.127. The molecule has 1 saturated heterocycles. The fourth-order valence-electron chi connectivity index (χ4n) is 5.05. The van der Waals surface area contributed by atoms with Crippen molar-refractivity contribution in [3.8, 4) is 17.1 Å². The van der Waals surface area contributed by atoms with Crippen LogP contribution in [-0.2, 0) is 17.6 Å². The van der Waals surface area contributed by atoms with Gasteiger partial charge >= 0.3 is 0 Å². The Labute approximate surface area is 219 Å². The van der Waals surface area contributed by atoms with Gasteiger partial charge in [0.1, 0.15) is 0 Å². The van der Waals surface area contributed by atoms with Gasteiger partial charge in [0.05, 0.1) is 30.1 Å². The van der Waals surface area contributed by atoms with Crippen molar-refractivity contribution >= 4 is 16.5 Å². The molecule has 9 nitrogen and oxygen atoms in total. The van der Waals surface area contributed by atoms with Crippen LogP contribution in [0, 0.1) is 11.7 Å². The molecule has 4 rings (SSSR count). The summed E-state index contributed by atoms with van der Waals surface area (Å²) in [4.78, 5) is 17.4. The standard InChI is InChI=1S/C26H39FN4O5S/c1-6-36-22-14-19(20(27)15-28-22)23-18-8-7-17(13-21(18)31(30-23)16(2)25(3,4)33)24(32)29-26(5)9-11-37(34,35)12-10-26/h14-17,33-35H,6-13H2,1-5H3,(H,29,32)/t16?,17-/m1/s1. The Morgan fingerprint density at radius 3 is 2.68 bits per heavy atom. The Hall–Kier alpha value is -2.21. The Morgan fingerprint density at radius 2 is 2.05 bits per heavy atom. The van der Waals surface area contributed by atoms with Crippen molar-refractivity contribution in [3.05, 3.63) is 29.3 Å². The molecule has 0 bridgehead atoms. The summed E-state index contributed by atoms with van der Waals surface area (Å²) in [5.41, 5.74) is 0.862. The van der Waals surface area contributed by atoms with Crippen molar-refractivity contribution in [2.24, 2.45) is 5.92 Å². The summed E-state index contributed by atoms with van der Waals surface area (Å²) < 4.78 is 42.1. The van der Waals surface area contributed by atoms with Gasteiger partial charge in [-0.15, -0.1) is 0 Å². The van der Waals surface area contributed by atoms with E-state index >= 15 is 0 Å². The third kappa shape index (κ3) is 5.94. The number of carbonyl (C=O) groups is 1. The SMILES string of the molecule is CCOc1cc(-c2nn(C(C)C(C)(C)O)c3c2CC[C@@H](C(=O)NC2(C)CCS(O)(O)CC2)C3)c(F)cn1. The van der Waals surface area contributed by atoms with E-state index < -0.39 is 33.6 Å². The molecule has 2 aliphatic rings. The molecule has 2 aromatic rings. The minimum atomic E-state index is -2.55. The average molecular weight is 539 g/mol. The van der Waals surface area contributed by atoms with E-state index in [0.717, 1.165) is 17.5 Å². The van der Waals surface area contributed by atoms with Crippen molar-refractivity contribution < 1.29 is 28.1 Å². The third-order valence-electron chi connectivity index (χ3n) is 7.83. The van der Waals surface area contributed by atoms with Crippen molar-refractivity contribution in [1.82, 2.24) is 20.1 Å². The topological polar surface area (TPSA) is 130 Å². The smallest absolute Gasteiger partial charge is 0.223 e. The highest BCUT2D eigenvalue weighted by molar-refractivity contribution is 8.24. The lowest BCUT2D eigenvalue weighted by Crippen LogP contribution is -2.52. The summed E-state index contributed by atoms with van der Waals surface area (Å²) >= 11 is 0. The first-order valence-electron chi connectivity index (χ1n) is 12.9. The zero-order chi connectivity index (χ0) is 27.2. The number of hydrogen-bond acceptors (Lipinski definition) is 7. The number of carbonyl (C=O) groups excluding carboxylic acids is 1. The van der Waals surface area contributed by atoms with Crippen molar-refractivity contribution in [1.29, 1.82) is 0 Å². The summed E-state index contributed by atoms with van der Waals surface area (Å²) in [5, 5.41) is 18.7. The number of halogens is 1. The number of aromatic nitrogens is 3. The highest BCUT2D eigenvalue weighted by Gasteiger charge is 2.39. The van der Waals surface area contributed by atoms with Crippen LogP contribution in [0.4, 0.5) is 4.39 Å². The molecule has 0 radical (unpaired) electrons. The molecule has 206 valence electrons. The number of fused-ring (bicyclic) bond motifs is 1. The number of nitrogens with one attached hydrogen (secondary N) is 1. The maximum absolute atomic E-state index is 15.0. The van der Waals surface area contributed by atoms with Gasteiger partial charge in [-0.05, 0) is 60.3 Å². The van der Waals surface area contributed by atoms with E-state index in [9.17, 15) is 23.4 Å². The van der Waals surface area contributed by atoms with E-state index in [1.807, 2.05) is 20.8 Å². The molecule has 0 aromatic carbocycles. The van der Waals surface area contributed by atoms with Gasteiger partial charge in [-0.25, -0.2) is 9.37 Å². The normalized spacial score (nSPS) is 22.6. The van der Waals surface area contributed by atoms with Crippen LogP contribution in [0.3, 0.4) is 0 Å². The largest absolute Gasteiger partial charge is 0.478 e. The summed E-state index contributed by atoms with van der Waals surface area (Å²) in [6, 6.07) is 1.13. The molecule has 1 aliphatic carbocycles. The van der Waals surface area contributed by atoms with Crippen LogP contribution in [0.5, 0.6) is 5.88 Å². The van der Waals surface area contributed by atoms with E-state index in [1.165, 1.54) is 0 Å². The predicted molar refractivity (Wildman–Crippen MR) is 141 cm³/mol. The number of hydrogen-bond donors (Lipinski definition) is 4. The van der Waals surface area contributed by atoms with Crippen LogP contribution in [0.25, 0.3) is 11.3 Å². The van der Waals surface area contributed by atoms with Gasteiger partial charge in [0.15, 0.2) is 5.82 Å². The summed E-state index contributed by atoms with van der Waals surface area (Å²) in [7, 11) is -2.55. The number of nitrogens with zero attached hydrogens (tertiary/aromatic N) is 3. The van der Waals surface area contributed by atoms with Gasteiger partial charge in [0.25, 0.3) is 0 Å². The molecule has 3 heterocycles. The van der Waals surface area contributed by atoms with Crippen LogP contribution >= 0.6 is 10.6 Å². The molecule has 1 unspecified atom stereocenters. The molecule has 0 saturated carbocycles. The first-order chi connectivity index (χ1) is 17.2.